The van der Waals surface area contributed by atoms with Gasteiger partial charge in [-0.25, -0.2) is 4.98 Å². The Kier molecular flexibility index (Phi) is 5.75. The fraction of sp³-hybridized carbons (Fsp3) is 0.471. The highest BCUT2D eigenvalue weighted by molar-refractivity contribution is 7.12. The number of oxazole rings is 1. The van der Waals surface area contributed by atoms with Crippen LogP contribution in [0, 0.1) is 5.92 Å². The van der Waals surface area contributed by atoms with Gasteiger partial charge in [0, 0.05) is 26.1 Å². The molecule has 0 aliphatic carbocycles. The van der Waals surface area contributed by atoms with Crippen molar-refractivity contribution < 1.29 is 14.0 Å². The van der Waals surface area contributed by atoms with Gasteiger partial charge < -0.3 is 14.6 Å². The zero-order valence-corrected chi connectivity index (χ0v) is 15.5. The molecule has 0 radical (unpaired) electrons. The van der Waals surface area contributed by atoms with E-state index in [4.69, 9.17) is 16.0 Å². The number of carbonyl (C=O) groups excluding carboxylic acids is 2. The number of hydrogen-bond donors (Lipinski definition) is 1. The average molecular weight is 382 g/mol. The van der Waals surface area contributed by atoms with Gasteiger partial charge in [0.1, 0.15) is 10.6 Å². The minimum Gasteiger partial charge on any atom is -0.448 e. The van der Waals surface area contributed by atoms with Crippen LogP contribution in [0.25, 0.3) is 0 Å². The molecule has 0 aromatic carbocycles. The predicted molar refractivity (Wildman–Crippen MR) is 96.2 cm³/mol. The zero-order valence-electron chi connectivity index (χ0n) is 14.0. The molecular formula is C17H20ClN3O3S. The van der Waals surface area contributed by atoms with Crippen LogP contribution in [0.2, 0.25) is 5.02 Å². The Balaban J connectivity index is 1.48. The molecule has 1 aliphatic heterocycles. The van der Waals surface area contributed by atoms with Crippen LogP contribution in [0.4, 0.5) is 0 Å². The Morgan fingerprint density at radius 3 is 2.84 bits per heavy atom. The van der Waals surface area contributed by atoms with Gasteiger partial charge in [0.15, 0.2) is 12.1 Å². The number of piperidine rings is 1. The summed E-state index contributed by atoms with van der Waals surface area (Å²) in [7, 11) is 0. The second-order valence-corrected chi connectivity index (χ2v) is 7.34. The summed E-state index contributed by atoms with van der Waals surface area (Å²) in [6.07, 6.45) is 3.67. The molecule has 134 valence electrons. The van der Waals surface area contributed by atoms with E-state index in [-0.39, 0.29) is 11.8 Å². The molecule has 2 amide bonds. The molecule has 6 nitrogen and oxygen atoms in total. The van der Waals surface area contributed by atoms with Crippen molar-refractivity contribution in [2.24, 2.45) is 5.92 Å². The molecule has 25 heavy (non-hydrogen) atoms. The van der Waals surface area contributed by atoms with Crippen LogP contribution in [-0.4, -0.2) is 41.3 Å². The van der Waals surface area contributed by atoms with Crippen molar-refractivity contribution in [3.05, 3.63) is 39.2 Å². The second-order valence-electron chi connectivity index (χ2n) is 6.02. The first kappa shape index (κ1) is 17.9. The van der Waals surface area contributed by atoms with E-state index in [9.17, 15) is 9.59 Å². The summed E-state index contributed by atoms with van der Waals surface area (Å²) in [6, 6.07) is 1.72. The third kappa shape index (κ3) is 4.04. The zero-order chi connectivity index (χ0) is 17.8. The Morgan fingerprint density at radius 1 is 1.44 bits per heavy atom. The molecule has 0 unspecified atom stereocenters. The lowest BCUT2D eigenvalue weighted by atomic mass is 9.96. The van der Waals surface area contributed by atoms with Gasteiger partial charge in [0.05, 0.1) is 5.02 Å². The van der Waals surface area contributed by atoms with Gasteiger partial charge in [0.2, 0.25) is 0 Å². The van der Waals surface area contributed by atoms with Gasteiger partial charge in [-0.15, -0.1) is 11.3 Å². The maximum absolute atomic E-state index is 12.5. The number of likely N-dealkylation sites (tertiary alicyclic amines) is 1. The SMILES string of the molecule is CCc1ocnc1C(=O)N1CCC(CNC(=O)c2sccc2Cl)CC1. The molecule has 3 heterocycles. The van der Waals surface area contributed by atoms with Crippen LogP contribution in [0.3, 0.4) is 0 Å². The lowest BCUT2D eigenvalue weighted by molar-refractivity contribution is 0.0677. The highest BCUT2D eigenvalue weighted by Gasteiger charge is 2.27. The fourth-order valence-electron chi connectivity index (χ4n) is 2.96. The van der Waals surface area contributed by atoms with Crippen molar-refractivity contribution in [1.82, 2.24) is 15.2 Å². The van der Waals surface area contributed by atoms with E-state index >= 15 is 0 Å². The van der Waals surface area contributed by atoms with Crippen molar-refractivity contribution in [1.29, 1.82) is 0 Å². The van der Waals surface area contributed by atoms with Gasteiger partial charge in [-0.1, -0.05) is 18.5 Å². The van der Waals surface area contributed by atoms with E-state index < -0.39 is 0 Å². The highest BCUT2D eigenvalue weighted by Crippen LogP contribution is 2.23. The summed E-state index contributed by atoms with van der Waals surface area (Å²) < 4.78 is 5.24. The number of thiophene rings is 1. The number of hydrogen-bond acceptors (Lipinski definition) is 5. The average Bonchev–Trinajstić information content (AvgIpc) is 3.28. The molecule has 0 atom stereocenters. The third-order valence-electron chi connectivity index (χ3n) is 4.44. The maximum Gasteiger partial charge on any atom is 0.276 e. The Hall–Kier alpha value is -1.86. The van der Waals surface area contributed by atoms with E-state index in [2.05, 4.69) is 10.3 Å². The largest absolute Gasteiger partial charge is 0.448 e. The molecule has 1 aliphatic rings. The van der Waals surface area contributed by atoms with Crippen molar-refractivity contribution in [2.45, 2.75) is 26.2 Å². The Labute approximate surface area is 155 Å². The molecule has 3 rings (SSSR count). The second kappa shape index (κ2) is 8.01. The van der Waals surface area contributed by atoms with Crippen LogP contribution >= 0.6 is 22.9 Å². The van der Waals surface area contributed by atoms with E-state index in [0.717, 1.165) is 12.8 Å². The third-order valence-corrected chi connectivity index (χ3v) is 5.78. The van der Waals surface area contributed by atoms with Gasteiger partial charge in [0.25, 0.3) is 11.8 Å². The topological polar surface area (TPSA) is 75.4 Å². The summed E-state index contributed by atoms with van der Waals surface area (Å²) in [5.74, 6) is 0.786. The Morgan fingerprint density at radius 2 is 2.20 bits per heavy atom. The van der Waals surface area contributed by atoms with Crippen LogP contribution in [0.5, 0.6) is 0 Å². The molecule has 1 saturated heterocycles. The van der Waals surface area contributed by atoms with E-state index in [0.29, 0.717) is 53.3 Å². The molecule has 1 N–H and O–H groups in total. The van der Waals surface area contributed by atoms with Crippen molar-refractivity contribution in [2.75, 3.05) is 19.6 Å². The fourth-order valence-corrected chi connectivity index (χ4v) is 4.02. The molecule has 0 spiro atoms. The standard InChI is InChI=1S/C17H20ClN3O3S/c1-2-13-14(20-10-24-13)17(23)21-6-3-11(4-7-21)9-19-16(22)15-12(18)5-8-25-15/h5,8,10-11H,2-4,6-7,9H2,1H3,(H,19,22). The van der Waals surface area contributed by atoms with Crippen LogP contribution < -0.4 is 5.32 Å². The van der Waals surface area contributed by atoms with Crippen LogP contribution in [0.15, 0.2) is 22.3 Å². The Bertz CT molecular complexity index is 750. The highest BCUT2D eigenvalue weighted by atomic mass is 35.5. The summed E-state index contributed by atoms with van der Waals surface area (Å²) in [6.45, 7) is 3.86. The molecule has 8 heteroatoms. The van der Waals surface area contributed by atoms with Crippen LogP contribution in [0.1, 0.15) is 45.7 Å². The summed E-state index contributed by atoms with van der Waals surface area (Å²) in [4.78, 5) is 31.0. The molecule has 2 aromatic heterocycles. The molecule has 2 aromatic rings. The number of aromatic nitrogens is 1. The number of amides is 2. The van der Waals surface area contributed by atoms with Gasteiger partial charge in [-0.05, 0) is 30.2 Å². The van der Waals surface area contributed by atoms with Gasteiger partial charge in [-0.2, -0.15) is 0 Å². The van der Waals surface area contributed by atoms with E-state index in [1.807, 2.05) is 11.8 Å². The van der Waals surface area contributed by atoms with Gasteiger partial charge >= 0.3 is 0 Å². The first-order chi connectivity index (χ1) is 12.1. The smallest absolute Gasteiger partial charge is 0.276 e. The molecule has 0 bridgehead atoms. The maximum atomic E-state index is 12.5. The lowest BCUT2D eigenvalue weighted by Gasteiger charge is -2.31. The lowest BCUT2D eigenvalue weighted by Crippen LogP contribution is -2.41. The number of carbonyl (C=O) groups is 2. The van der Waals surface area contributed by atoms with E-state index in [1.54, 1.807) is 11.4 Å². The quantitative estimate of drug-likeness (QED) is 0.862. The number of halogens is 1. The first-order valence-electron chi connectivity index (χ1n) is 8.33. The van der Waals surface area contributed by atoms with Crippen molar-refractivity contribution >= 4 is 34.8 Å². The minimum atomic E-state index is -0.131. The van der Waals surface area contributed by atoms with Crippen molar-refractivity contribution in [3.8, 4) is 0 Å². The summed E-state index contributed by atoms with van der Waals surface area (Å²) in [5.41, 5.74) is 0.418. The van der Waals surface area contributed by atoms with E-state index in [1.165, 1.54) is 17.7 Å². The minimum absolute atomic E-state index is 0.0709. The monoisotopic (exact) mass is 381 g/mol. The van der Waals surface area contributed by atoms with Gasteiger partial charge in [-0.3, -0.25) is 9.59 Å². The molecule has 1 fully saturated rings. The van der Waals surface area contributed by atoms with Crippen molar-refractivity contribution in [3.63, 3.8) is 0 Å². The summed E-state index contributed by atoms with van der Waals surface area (Å²) in [5, 5.41) is 5.23. The van der Waals surface area contributed by atoms with Crippen LogP contribution in [-0.2, 0) is 6.42 Å². The first-order valence-corrected chi connectivity index (χ1v) is 9.58. The normalized spacial score (nSPS) is 15.4. The molecule has 0 saturated carbocycles. The number of rotatable bonds is 5. The number of nitrogens with one attached hydrogen (secondary N) is 1. The summed E-state index contributed by atoms with van der Waals surface area (Å²) >= 11 is 7.31. The number of aryl methyl sites for hydroxylation is 1. The number of nitrogens with zero attached hydrogens (tertiary/aromatic N) is 2. The molecular weight excluding hydrogens is 362 g/mol. The predicted octanol–water partition coefficient (Wildman–Crippen LogP) is 3.23.